The van der Waals surface area contributed by atoms with Gasteiger partial charge < -0.3 is 20.3 Å². The number of alkyl carbamates (subject to hydrolysis) is 1. The van der Waals surface area contributed by atoms with Gasteiger partial charge in [-0.1, -0.05) is 43.5 Å². The number of aryl methyl sites for hydroxylation is 2. The third kappa shape index (κ3) is 8.06. The topological polar surface area (TPSA) is 87.7 Å². The van der Waals surface area contributed by atoms with Crippen LogP contribution in [0.2, 0.25) is 0 Å². The third-order valence-corrected chi connectivity index (χ3v) is 5.87. The molecule has 2 rings (SSSR count). The second-order valence-electron chi connectivity index (χ2n) is 10.0. The Bertz CT molecular complexity index is 827. The number of hydrogen-bond donors (Lipinski definition) is 2. The summed E-state index contributed by atoms with van der Waals surface area (Å²) < 4.78 is 5.27. The van der Waals surface area contributed by atoms with E-state index in [0.29, 0.717) is 6.54 Å². The minimum Gasteiger partial charge on any atom is -0.444 e. The number of rotatable bonds is 10. The lowest BCUT2D eigenvalue weighted by molar-refractivity contribution is -0.145. The second-order valence-corrected chi connectivity index (χ2v) is 10.0. The highest BCUT2D eigenvalue weighted by atomic mass is 16.6. The van der Waals surface area contributed by atoms with Crippen LogP contribution in [0.15, 0.2) is 18.2 Å². The molecule has 1 saturated carbocycles. The van der Waals surface area contributed by atoms with Crippen molar-refractivity contribution in [2.75, 3.05) is 13.1 Å². The lowest BCUT2D eigenvalue weighted by Gasteiger charge is -2.42. The quantitative estimate of drug-likeness (QED) is 0.502. The maximum Gasteiger partial charge on any atom is 0.408 e. The predicted molar refractivity (Wildman–Crippen MR) is 130 cm³/mol. The third-order valence-electron chi connectivity index (χ3n) is 5.87. The Morgan fingerprint density at radius 1 is 1.12 bits per heavy atom. The van der Waals surface area contributed by atoms with Gasteiger partial charge in [0.2, 0.25) is 11.8 Å². The van der Waals surface area contributed by atoms with Crippen molar-refractivity contribution in [2.24, 2.45) is 0 Å². The summed E-state index contributed by atoms with van der Waals surface area (Å²) in [6, 6.07) is 5.24. The normalized spacial score (nSPS) is 14.7. The van der Waals surface area contributed by atoms with E-state index in [1.807, 2.05) is 32.0 Å². The summed E-state index contributed by atoms with van der Waals surface area (Å²) in [5.74, 6) is -0.447. The van der Waals surface area contributed by atoms with Crippen LogP contribution >= 0.6 is 0 Å². The van der Waals surface area contributed by atoms with Gasteiger partial charge in [-0.05, 0) is 71.4 Å². The summed E-state index contributed by atoms with van der Waals surface area (Å²) in [4.78, 5) is 40.7. The summed E-state index contributed by atoms with van der Waals surface area (Å²) in [7, 11) is 0. The maximum atomic E-state index is 13.5. The second kappa shape index (κ2) is 12.1. The number of carbonyl (C=O) groups is 3. The molecule has 0 radical (unpaired) electrons. The molecule has 3 amide bonds. The Balaban J connectivity index is 2.30. The van der Waals surface area contributed by atoms with Crippen LogP contribution in [-0.2, 0) is 14.3 Å². The molecule has 0 bridgehead atoms. The molecule has 7 nitrogen and oxygen atoms in total. The number of benzene rings is 1. The highest BCUT2D eigenvalue weighted by Crippen LogP contribution is 2.34. The number of nitrogens with one attached hydrogen (secondary N) is 2. The van der Waals surface area contributed by atoms with Gasteiger partial charge in [-0.15, -0.1) is 0 Å². The van der Waals surface area contributed by atoms with Gasteiger partial charge in [0.25, 0.3) is 0 Å². The van der Waals surface area contributed by atoms with Crippen LogP contribution in [0.5, 0.6) is 0 Å². The van der Waals surface area contributed by atoms with Crippen molar-refractivity contribution in [3.05, 3.63) is 34.9 Å². The van der Waals surface area contributed by atoms with Gasteiger partial charge in [0.15, 0.2) is 0 Å². The van der Waals surface area contributed by atoms with Crippen LogP contribution in [0.4, 0.5) is 4.79 Å². The van der Waals surface area contributed by atoms with Gasteiger partial charge in [-0.25, -0.2) is 4.79 Å². The molecule has 1 atom stereocenters. The molecule has 2 N–H and O–H groups in total. The molecule has 1 aliphatic carbocycles. The molecular formula is C26H41N3O4. The van der Waals surface area contributed by atoms with Crippen molar-refractivity contribution in [2.45, 2.75) is 97.8 Å². The lowest BCUT2D eigenvalue weighted by Crippen LogP contribution is -2.54. The molecule has 1 aromatic carbocycles. The first-order chi connectivity index (χ1) is 15.5. The molecular weight excluding hydrogens is 418 g/mol. The van der Waals surface area contributed by atoms with Crippen LogP contribution < -0.4 is 10.6 Å². The minimum absolute atomic E-state index is 0.0239. The number of ether oxygens (including phenoxy) is 1. The molecule has 0 aromatic heterocycles. The zero-order valence-corrected chi connectivity index (χ0v) is 21.1. The van der Waals surface area contributed by atoms with E-state index in [9.17, 15) is 14.4 Å². The van der Waals surface area contributed by atoms with E-state index in [4.69, 9.17) is 4.74 Å². The molecule has 33 heavy (non-hydrogen) atoms. The first-order valence-corrected chi connectivity index (χ1v) is 12.2. The predicted octanol–water partition coefficient (Wildman–Crippen LogP) is 4.56. The summed E-state index contributed by atoms with van der Waals surface area (Å²) in [6.07, 6.45) is 5.09. The Morgan fingerprint density at radius 2 is 1.82 bits per heavy atom. The average molecular weight is 460 g/mol. The van der Waals surface area contributed by atoms with Gasteiger partial charge in [0.1, 0.15) is 18.2 Å². The summed E-state index contributed by atoms with van der Waals surface area (Å²) in [5.41, 5.74) is 2.18. The van der Waals surface area contributed by atoms with Crippen LogP contribution in [0.3, 0.4) is 0 Å². The molecule has 0 spiro atoms. The van der Waals surface area contributed by atoms with E-state index in [1.54, 1.807) is 25.7 Å². The molecule has 1 unspecified atom stereocenters. The van der Waals surface area contributed by atoms with Crippen LogP contribution in [0, 0.1) is 13.8 Å². The van der Waals surface area contributed by atoms with Gasteiger partial charge in [-0.2, -0.15) is 0 Å². The molecule has 0 saturated heterocycles. The van der Waals surface area contributed by atoms with Gasteiger partial charge in [0.05, 0.1) is 0 Å². The molecule has 1 aromatic rings. The molecule has 1 aliphatic rings. The van der Waals surface area contributed by atoms with Gasteiger partial charge in [0, 0.05) is 12.6 Å². The fraction of sp³-hybridized carbons (Fsp3) is 0.654. The number of unbranched alkanes of at least 4 members (excludes halogenated alkanes) is 2. The molecule has 0 heterocycles. The Hall–Kier alpha value is -2.57. The maximum absolute atomic E-state index is 13.5. The van der Waals surface area contributed by atoms with Crippen LogP contribution in [0.25, 0.3) is 0 Å². The minimum atomic E-state index is -0.732. The van der Waals surface area contributed by atoms with Gasteiger partial charge in [-0.3, -0.25) is 9.59 Å². The van der Waals surface area contributed by atoms with Gasteiger partial charge >= 0.3 is 6.09 Å². The van der Waals surface area contributed by atoms with Crippen molar-refractivity contribution < 1.29 is 19.1 Å². The number of amides is 3. The smallest absolute Gasteiger partial charge is 0.408 e. The van der Waals surface area contributed by atoms with E-state index >= 15 is 0 Å². The summed E-state index contributed by atoms with van der Waals surface area (Å²) >= 11 is 0. The number of carbonyl (C=O) groups excluding carboxylic acids is 3. The molecule has 0 aliphatic heterocycles. The highest BCUT2D eigenvalue weighted by Gasteiger charge is 2.39. The zero-order chi connectivity index (χ0) is 24.6. The molecule has 1 fully saturated rings. The molecule has 7 heteroatoms. The van der Waals surface area contributed by atoms with Crippen LogP contribution in [0.1, 0.15) is 89.0 Å². The Labute approximate surface area is 198 Å². The fourth-order valence-corrected chi connectivity index (χ4v) is 3.93. The van der Waals surface area contributed by atoms with E-state index in [2.05, 4.69) is 17.6 Å². The van der Waals surface area contributed by atoms with Crippen molar-refractivity contribution >= 4 is 17.9 Å². The van der Waals surface area contributed by atoms with Crippen molar-refractivity contribution in [1.29, 1.82) is 0 Å². The zero-order valence-electron chi connectivity index (χ0n) is 21.1. The van der Waals surface area contributed by atoms with Crippen LogP contribution in [-0.4, -0.2) is 47.5 Å². The fourth-order valence-electron chi connectivity index (χ4n) is 3.93. The summed E-state index contributed by atoms with van der Waals surface area (Å²) in [6.45, 7) is 11.8. The Morgan fingerprint density at radius 3 is 2.39 bits per heavy atom. The first kappa shape index (κ1) is 26.7. The van der Waals surface area contributed by atoms with Crippen molar-refractivity contribution in [1.82, 2.24) is 15.5 Å². The van der Waals surface area contributed by atoms with Crippen molar-refractivity contribution in [3.63, 3.8) is 0 Å². The van der Waals surface area contributed by atoms with E-state index in [-0.39, 0.29) is 24.4 Å². The van der Waals surface area contributed by atoms with E-state index in [1.165, 1.54) is 0 Å². The largest absolute Gasteiger partial charge is 0.444 e. The summed E-state index contributed by atoms with van der Waals surface area (Å²) in [5, 5.41) is 5.62. The SMILES string of the molecule is CCCCCNC(=O)C(c1cc(C)ccc1C)N(C(=O)CNC(=O)OC(C)(C)C)C1CCC1. The van der Waals surface area contributed by atoms with Crippen molar-refractivity contribution in [3.8, 4) is 0 Å². The lowest BCUT2D eigenvalue weighted by atomic mass is 9.87. The number of hydrogen-bond acceptors (Lipinski definition) is 4. The monoisotopic (exact) mass is 459 g/mol. The standard InChI is InChI=1S/C26H41N3O4/c1-7-8-9-15-27-24(31)23(21-16-18(2)13-14-19(21)3)29(20-11-10-12-20)22(30)17-28-25(32)33-26(4,5)6/h13-14,16,20,23H,7-12,15,17H2,1-6H3,(H,27,31)(H,28,32). The first-order valence-electron chi connectivity index (χ1n) is 12.2. The van der Waals surface area contributed by atoms with E-state index in [0.717, 1.165) is 55.2 Å². The average Bonchev–Trinajstić information content (AvgIpc) is 2.68. The van der Waals surface area contributed by atoms with E-state index < -0.39 is 17.7 Å². The molecule has 184 valence electrons. The Kier molecular flexibility index (Phi) is 9.74. The number of nitrogens with zero attached hydrogens (tertiary/aromatic N) is 1. The highest BCUT2D eigenvalue weighted by molar-refractivity contribution is 5.91.